The fourth-order valence-corrected chi connectivity index (χ4v) is 2.37. The Balaban J connectivity index is 2.22. The van der Waals surface area contributed by atoms with Gasteiger partial charge in [0.1, 0.15) is 0 Å². The van der Waals surface area contributed by atoms with E-state index >= 15 is 0 Å². The van der Waals surface area contributed by atoms with Crippen molar-refractivity contribution in [2.75, 3.05) is 6.54 Å². The second-order valence-electron chi connectivity index (χ2n) is 4.00. The first-order valence-electron chi connectivity index (χ1n) is 5.27. The van der Waals surface area contributed by atoms with Crippen LogP contribution in [0.2, 0.25) is 5.02 Å². The number of halogens is 1. The summed E-state index contributed by atoms with van der Waals surface area (Å²) in [5.41, 5.74) is 2.71. The van der Waals surface area contributed by atoms with E-state index in [4.69, 9.17) is 11.6 Å². The first-order valence-corrected chi connectivity index (χ1v) is 5.64. The van der Waals surface area contributed by atoms with Crippen molar-refractivity contribution in [3.63, 3.8) is 0 Å². The second kappa shape index (κ2) is 4.33. The van der Waals surface area contributed by atoms with E-state index in [1.165, 1.54) is 30.4 Å². The molecule has 0 aromatic heterocycles. The molecule has 0 amide bonds. The van der Waals surface area contributed by atoms with Crippen LogP contribution in [0.15, 0.2) is 18.2 Å². The third-order valence-corrected chi connectivity index (χ3v) is 3.15. The van der Waals surface area contributed by atoms with E-state index in [1.807, 2.05) is 12.1 Å². The van der Waals surface area contributed by atoms with Gasteiger partial charge in [-0.2, -0.15) is 0 Å². The summed E-state index contributed by atoms with van der Waals surface area (Å²) in [5, 5.41) is 4.39. The Morgan fingerprint density at radius 2 is 2.21 bits per heavy atom. The Bertz CT molecular complexity index is 316. The first-order chi connectivity index (χ1) is 6.77. The Hall–Kier alpha value is -0.530. The van der Waals surface area contributed by atoms with Crippen molar-refractivity contribution >= 4 is 11.6 Å². The zero-order chi connectivity index (χ0) is 9.97. The Morgan fingerprint density at radius 3 is 2.86 bits per heavy atom. The third-order valence-electron chi connectivity index (χ3n) is 2.92. The highest BCUT2D eigenvalue weighted by Gasteiger charge is 2.15. The number of benzene rings is 1. The van der Waals surface area contributed by atoms with E-state index < -0.39 is 0 Å². The number of hydrogen-bond donors (Lipinski definition) is 1. The minimum atomic E-state index is 0.543. The molecule has 1 aliphatic rings. The molecular weight excluding hydrogens is 194 g/mol. The monoisotopic (exact) mass is 209 g/mol. The molecule has 1 saturated heterocycles. The van der Waals surface area contributed by atoms with Crippen LogP contribution in [0.4, 0.5) is 0 Å². The van der Waals surface area contributed by atoms with E-state index in [0.717, 1.165) is 11.6 Å². The molecule has 1 nitrogen and oxygen atoms in total. The van der Waals surface area contributed by atoms with Crippen LogP contribution < -0.4 is 5.32 Å². The molecule has 1 heterocycles. The molecule has 1 fully saturated rings. The van der Waals surface area contributed by atoms with E-state index in [0.29, 0.717) is 6.04 Å². The minimum Gasteiger partial charge on any atom is -0.310 e. The predicted octanol–water partition coefficient (Wildman–Crippen LogP) is 3.46. The Morgan fingerprint density at radius 1 is 1.36 bits per heavy atom. The fraction of sp³-hybridized carbons (Fsp3) is 0.500. The summed E-state index contributed by atoms with van der Waals surface area (Å²) in [6.07, 6.45) is 3.89. The van der Waals surface area contributed by atoms with Crippen LogP contribution in [-0.4, -0.2) is 6.54 Å². The molecule has 14 heavy (non-hydrogen) atoms. The van der Waals surface area contributed by atoms with E-state index in [-0.39, 0.29) is 0 Å². The van der Waals surface area contributed by atoms with Gasteiger partial charge < -0.3 is 5.32 Å². The van der Waals surface area contributed by atoms with Crippen LogP contribution in [0.25, 0.3) is 0 Å². The van der Waals surface area contributed by atoms with Gasteiger partial charge in [0.25, 0.3) is 0 Å². The third kappa shape index (κ3) is 2.10. The molecule has 1 atom stereocenters. The van der Waals surface area contributed by atoms with Gasteiger partial charge in [-0.3, -0.25) is 0 Å². The standard InChI is InChI=1S/C12H16ClN/c1-9-8-10(13)5-6-11(9)12-4-2-3-7-14-12/h5-6,8,12,14H,2-4,7H2,1H3. The molecule has 0 radical (unpaired) electrons. The van der Waals surface area contributed by atoms with Crippen molar-refractivity contribution in [3.05, 3.63) is 34.3 Å². The molecule has 0 aliphatic carbocycles. The number of nitrogens with one attached hydrogen (secondary N) is 1. The maximum atomic E-state index is 5.94. The number of piperidine rings is 1. The molecule has 2 rings (SSSR count). The molecule has 1 aromatic rings. The van der Waals surface area contributed by atoms with Gasteiger partial charge in [0.15, 0.2) is 0 Å². The van der Waals surface area contributed by atoms with Crippen LogP contribution >= 0.6 is 11.6 Å². The molecule has 2 heteroatoms. The van der Waals surface area contributed by atoms with Gasteiger partial charge in [-0.15, -0.1) is 0 Å². The van der Waals surface area contributed by atoms with Crippen LogP contribution in [-0.2, 0) is 0 Å². The summed E-state index contributed by atoms with van der Waals surface area (Å²) in [7, 11) is 0. The van der Waals surface area contributed by atoms with Gasteiger partial charge in [0.2, 0.25) is 0 Å². The van der Waals surface area contributed by atoms with Crippen molar-refractivity contribution in [2.45, 2.75) is 32.2 Å². The highest BCUT2D eigenvalue weighted by atomic mass is 35.5. The largest absolute Gasteiger partial charge is 0.310 e. The minimum absolute atomic E-state index is 0.543. The van der Waals surface area contributed by atoms with Gasteiger partial charge in [-0.1, -0.05) is 24.1 Å². The van der Waals surface area contributed by atoms with Gasteiger partial charge in [-0.25, -0.2) is 0 Å². The van der Waals surface area contributed by atoms with Gasteiger partial charge in [0.05, 0.1) is 0 Å². The highest BCUT2D eigenvalue weighted by molar-refractivity contribution is 6.30. The summed E-state index contributed by atoms with van der Waals surface area (Å²) in [6, 6.07) is 6.73. The molecule has 76 valence electrons. The van der Waals surface area contributed by atoms with Gasteiger partial charge >= 0.3 is 0 Å². The van der Waals surface area contributed by atoms with Crippen LogP contribution in [0.1, 0.15) is 36.4 Å². The normalized spacial score (nSPS) is 22.3. The van der Waals surface area contributed by atoms with Crippen molar-refractivity contribution in [2.24, 2.45) is 0 Å². The van der Waals surface area contributed by atoms with Crippen molar-refractivity contribution in [1.82, 2.24) is 5.32 Å². The maximum Gasteiger partial charge on any atom is 0.0408 e. The summed E-state index contributed by atoms with van der Waals surface area (Å²) in [5.74, 6) is 0. The molecule has 1 aliphatic heterocycles. The summed E-state index contributed by atoms with van der Waals surface area (Å²) >= 11 is 5.94. The first kappa shape index (κ1) is 10.0. The van der Waals surface area contributed by atoms with Crippen LogP contribution in [0.3, 0.4) is 0 Å². The molecule has 0 spiro atoms. The van der Waals surface area contributed by atoms with Crippen molar-refractivity contribution < 1.29 is 0 Å². The Labute approximate surface area is 90.5 Å². The topological polar surface area (TPSA) is 12.0 Å². The SMILES string of the molecule is Cc1cc(Cl)ccc1C1CCCCN1. The lowest BCUT2D eigenvalue weighted by Crippen LogP contribution is -2.27. The number of hydrogen-bond acceptors (Lipinski definition) is 1. The van der Waals surface area contributed by atoms with E-state index in [9.17, 15) is 0 Å². The zero-order valence-corrected chi connectivity index (χ0v) is 9.27. The second-order valence-corrected chi connectivity index (χ2v) is 4.44. The highest BCUT2D eigenvalue weighted by Crippen LogP contribution is 2.27. The lowest BCUT2D eigenvalue weighted by molar-refractivity contribution is 0.411. The predicted molar refractivity (Wildman–Crippen MR) is 60.8 cm³/mol. The summed E-state index contributed by atoms with van der Waals surface area (Å²) in [6.45, 7) is 3.28. The number of rotatable bonds is 1. The Kier molecular flexibility index (Phi) is 3.09. The lowest BCUT2D eigenvalue weighted by Gasteiger charge is -2.25. The molecule has 1 unspecified atom stereocenters. The maximum absolute atomic E-state index is 5.94. The fourth-order valence-electron chi connectivity index (χ4n) is 2.15. The smallest absolute Gasteiger partial charge is 0.0408 e. The van der Waals surface area contributed by atoms with Crippen LogP contribution in [0, 0.1) is 6.92 Å². The quantitative estimate of drug-likeness (QED) is 0.747. The summed E-state index contributed by atoms with van der Waals surface area (Å²) < 4.78 is 0. The van der Waals surface area contributed by atoms with E-state index in [1.54, 1.807) is 0 Å². The van der Waals surface area contributed by atoms with E-state index in [2.05, 4.69) is 18.3 Å². The van der Waals surface area contributed by atoms with Crippen molar-refractivity contribution in [3.8, 4) is 0 Å². The molecular formula is C12H16ClN. The molecule has 1 aromatic carbocycles. The van der Waals surface area contributed by atoms with Gasteiger partial charge in [-0.05, 0) is 49.6 Å². The van der Waals surface area contributed by atoms with Crippen molar-refractivity contribution in [1.29, 1.82) is 0 Å². The molecule has 0 bridgehead atoms. The molecule has 1 N–H and O–H groups in total. The summed E-state index contributed by atoms with van der Waals surface area (Å²) in [4.78, 5) is 0. The lowest BCUT2D eigenvalue weighted by atomic mass is 9.94. The van der Waals surface area contributed by atoms with Gasteiger partial charge in [0, 0.05) is 11.1 Å². The average Bonchev–Trinajstić information content (AvgIpc) is 2.19. The zero-order valence-electron chi connectivity index (χ0n) is 8.52. The van der Waals surface area contributed by atoms with Crippen LogP contribution in [0.5, 0.6) is 0 Å². The molecule has 0 saturated carbocycles. The average molecular weight is 210 g/mol. The number of aryl methyl sites for hydroxylation is 1.